The number of urea groups is 1. The molecule has 3 amide bonds. The zero-order valence-corrected chi connectivity index (χ0v) is 17.2. The number of carbonyl (C=O) groups is 2. The molecule has 0 aliphatic carbocycles. The van der Waals surface area contributed by atoms with Gasteiger partial charge < -0.3 is 15.0 Å². The van der Waals surface area contributed by atoms with E-state index in [1.54, 1.807) is 11.0 Å². The van der Waals surface area contributed by atoms with Gasteiger partial charge in [-0.1, -0.05) is 48.9 Å². The molecule has 2 aromatic rings. The first-order valence-electron chi connectivity index (χ1n) is 9.87. The molecule has 0 radical (unpaired) electrons. The monoisotopic (exact) mass is 415 g/mol. The lowest BCUT2D eigenvalue weighted by atomic mass is 10.1. The van der Waals surface area contributed by atoms with E-state index >= 15 is 0 Å². The molecule has 29 heavy (non-hydrogen) atoms. The van der Waals surface area contributed by atoms with E-state index in [1.807, 2.05) is 42.5 Å². The molecule has 1 unspecified atom stereocenters. The summed E-state index contributed by atoms with van der Waals surface area (Å²) < 4.78 is 5.36. The van der Waals surface area contributed by atoms with E-state index in [1.165, 1.54) is 5.56 Å². The van der Waals surface area contributed by atoms with E-state index in [0.29, 0.717) is 23.8 Å². The van der Waals surface area contributed by atoms with Crippen molar-refractivity contribution in [3.8, 4) is 0 Å². The average Bonchev–Trinajstić information content (AvgIpc) is 3.21. The summed E-state index contributed by atoms with van der Waals surface area (Å²) in [4.78, 5) is 26.4. The van der Waals surface area contributed by atoms with Gasteiger partial charge in [0, 0.05) is 23.8 Å². The summed E-state index contributed by atoms with van der Waals surface area (Å²) in [6.45, 7) is 3.24. The lowest BCUT2D eigenvalue weighted by Gasteiger charge is -2.25. The number of halogens is 1. The van der Waals surface area contributed by atoms with Crippen molar-refractivity contribution in [2.75, 3.05) is 18.5 Å². The second kappa shape index (κ2) is 10.2. The molecule has 2 N–H and O–H groups in total. The third kappa shape index (κ3) is 5.87. The van der Waals surface area contributed by atoms with Gasteiger partial charge in [0.2, 0.25) is 0 Å². The van der Waals surface area contributed by atoms with Crippen LogP contribution in [0.25, 0.3) is 0 Å². The van der Waals surface area contributed by atoms with E-state index in [0.717, 1.165) is 24.8 Å². The molecule has 1 aliphatic heterocycles. The highest BCUT2D eigenvalue weighted by Crippen LogP contribution is 2.19. The van der Waals surface area contributed by atoms with Crippen molar-refractivity contribution in [2.45, 2.75) is 38.8 Å². The highest BCUT2D eigenvalue weighted by molar-refractivity contribution is 6.31. The number of benzene rings is 2. The van der Waals surface area contributed by atoms with Gasteiger partial charge in [0.05, 0.1) is 6.04 Å². The SMILES string of the molecule is CCc1ccc(NC(=O)OCC2CCCN2C(=O)NCc2ccccc2Cl)cc1. The van der Waals surface area contributed by atoms with Crippen LogP contribution in [0.2, 0.25) is 5.02 Å². The Morgan fingerprint density at radius 3 is 2.66 bits per heavy atom. The summed E-state index contributed by atoms with van der Waals surface area (Å²) in [6.07, 6.45) is 2.12. The lowest BCUT2D eigenvalue weighted by molar-refractivity contribution is 0.123. The average molecular weight is 416 g/mol. The molecule has 7 heteroatoms. The number of aryl methyl sites for hydroxylation is 1. The number of amides is 3. The number of nitrogens with zero attached hydrogens (tertiary/aromatic N) is 1. The molecular weight excluding hydrogens is 390 g/mol. The fourth-order valence-electron chi connectivity index (χ4n) is 3.34. The highest BCUT2D eigenvalue weighted by atomic mass is 35.5. The molecule has 1 saturated heterocycles. The Morgan fingerprint density at radius 1 is 1.17 bits per heavy atom. The second-order valence-electron chi connectivity index (χ2n) is 7.01. The van der Waals surface area contributed by atoms with Crippen molar-refractivity contribution >= 4 is 29.4 Å². The van der Waals surface area contributed by atoms with Crippen LogP contribution in [0.15, 0.2) is 48.5 Å². The van der Waals surface area contributed by atoms with Crippen LogP contribution in [0.1, 0.15) is 30.9 Å². The summed E-state index contributed by atoms with van der Waals surface area (Å²) in [6, 6.07) is 14.7. The van der Waals surface area contributed by atoms with E-state index in [9.17, 15) is 9.59 Å². The van der Waals surface area contributed by atoms with E-state index in [-0.39, 0.29) is 18.7 Å². The molecule has 0 aromatic heterocycles. The van der Waals surface area contributed by atoms with Crippen LogP contribution in [0, 0.1) is 0 Å². The van der Waals surface area contributed by atoms with Crippen LogP contribution < -0.4 is 10.6 Å². The summed E-state index contributed by atoms with van der Waals surface area (Å²) in [5.74, 6) is 0. The van der Waals surface area contributed by atoms with Crippen LogP contribution in [-0.2, 0) is 17.7 Å². The van der Waals surface area contributed by atoms with Crippen molar-refractivity contribution < 1.29 is 14.3 Å². The van der Waals surface area contributed by atoms with E-state index in [4.69, 9.17) is 16.3 Å². The van der Waals surface area contributed by atoms with Gasteiger partial charge in [-0.05, 0) is 48.6 Å². The summed E-state index contributed by atoms with van der Waals surface area (Å²) in [7, 11) is 0. The molecule has 1 atom stereocenters. The van der Waals surface area contributed by atoms with Gasteiger partial charge in [-0.25, -0.2) is 9.59 Å². The Morgan fingerprint density at radius 2 is 1.93 bits per heavy atom. The number of rotatable bonds is 6. The van der Waals surface area contributed by atoms with Crippen LogP contribution in [0.5, 0.6) is 0 Å². The molecule has 2 aromatic carbocycles. The molecule has 0 bridgehead atoms. The molecule has 1 aliphatic rings. The zero-order valence-electron chi connectivity index (χ0n) is 16.5. The van der Waals surface area contributed by atoms with Crippen LogP contribution in [0.3, 0.4) is 0 Å². The number of nitrogens with one attached hydrogen (secondary N) is 2. The van der Waals surface area contributed by atoms with Crippen molar-refractivity contribution in [3.05, 3.63) is 64.7 Å². The minimum Gasteiger partial charge on any atom is -0.447 e. The number of anilines is 1. The minimum absolute atomic E-state index is 0.130. The van der Waals surface area contributed by atoms with Crippen molar-refractivity contribution in [2.24, 2.45) is 0 Å². The van der Waals surface area contributed by atoms with Gasteiger partial charge in [-0.2, -0.15) is 0 Å². The number of ether oxygens (including phenoxy) is 1. The number of hydrogen-bond acceptors (Lipinski definition) is 3. The third-order valence-corrected chi connectivity index (χ3v) is 5.41. The molecule has 1 fully saturated rings. The molecule has 6 nitrogen and oxygen atoms in total. The standard InChI is InChI=1S/C22H26ClN3O3/c1-2-16-9-11-18(12-10-16)25-22(28)29-15-19-7-5-13-26(19)21(27)24-14-17-6-3-4-8-20(17)23/h3-4,6,8-12,19H,2,5,7,13-15H2,1H3,(H,24,27)(H,25,28). The number of hydrogen-bond donors (Lipinski definition) is 2. The van der Waals surface area contributed by atoms with Crippen LogP contribution in [0.4, 0.5) is 15.3 Å². The van der Waals surface area contributed by atoms with Gasteiger partial charge in [-0.3, -0.25) is 5.32 Å². The maximum Gasteiger partial charge on any atom is 0.411 e. The Bertz CT molecular complexity index is 841. The van der Waals surface area contributed by atoms with Crippen LogP contribution in [-0.4, -0.2) is 36.2 Å². The first-order chi connectivity index (χ1) is 14.1. The normalized spacial score (nSPS) is 15.8. The third-order valence-electron chi connectivity index (χ3n) is 5.04. The fourth-order valence-corrected chi connectivity index (χ4v) is 3.54. The summed E-state index contributed by atoms with van der Waals surface area (Å²) >= 11 is 6.13. The largest absolute Gasteiger partial charge is 0.447 e. The minimum atomic E-state index is -0.516. The fraction of sp³-hybridized carbons (Fsp3) is 0.364. The summed E-state index contributed by atoms with van der Waals surface area (Å²) in [5, 5.41) is 6.24. The molecule has 0 spiro atoms. The topological polar surface area (TPSA) is 70.7 Å². The molecule has 0 saturated carbocycles. The van der Waals surface area contributed by atoms with Gasteiger partial charge in [-0.15, -0.1) is 0 Å². The van der Waals surface area contributed by atoms with Crippen molar-refractivity contribution in [3.63, 3.8) is 0 Å². The Labute approximate surface area is 176 Å². The van der Waals surface area contributed by atoms with Crippen molar-refractivity contribution in [1.29, 1.82) is 0 Å². The Hall–Kier alpha value is -2.73. The first kappa shape index (κ1) is 21.0. The smallest absolute Gasteiger partial charge is 0.411 e. The van der Waals surface area contributed by atoms with Gasteiger partial charge >= 0.3 is 12.1 Å². The number of likely N-dealkylation sites (tertiary alicyclic amines) is 1. The predicted octanol–water partition coefficient (Wildman–Crippen LogP) is 4.83. The van der Waals surface area contributed by atoms with Crippen molar-refractivity contribution in [1.82, 2.24) is 10.2 Å². The quantitative estimate of drug-likeness (QED) is 0.710. The predicted molar refractivity (Wildman–Crippen MR) is 114 cm³/mol. The van der Waals surface area contributed by atoms with Gasteiger partial charge in [0.25, 0.3) is 0 Å². The van der Waals surface area contributed by atoms with Gasteiger partial charge in [0.15, 0.2) is 0 Å². The number of carbonyl (C=O) groups excluding carboxylic acids is 2. The molecule has 154 valence electrons. The highest BCUT2D eigenvalue weighted by Gasteiger charge is 2.29. The molecule has 3 rings (SSSR count). The lowest BCUT2D eigenvalue weighted by Crippen LogP contribution is -2.44. The maximum absolute atomic E-state index is 12.6. The van der Waals surface area contributed by atoms with Crippen LogP contribution >= 0.6 is 11.6 Å². The van der Waals surface area contributed by atoms with E-state index < -0.39 is 6.09 Å². The van der Waals surface area contributed by atoms with E-state index in [2.05, 4.69) is 17.6 Å². The summed E-state index contributed by atoms with van der Waals surface area (Å²) in [5.41, 5.74) is 2.75. The molecule has 1 heterocycles. The Kier molecular flexibility index (Phi) is 7.36. The maximum atomic E-state index is 12.6. The second-order valence-corrected chi connectivity index (χ2v) is 7.42. The zero-order chi connectivity index (χ0) is 20.6. The molecular formula is C22H26ClN3O3. The Balaban J connectivity index is 1.46. The first-order valence-corrected chi connectivity index (χ1v) is 10.2. The van der Waals surface area contributed by atoms with Gasteiger partial charge in [0.1, 0.15) is 6.61 Å².